The van der Waals surface area contributed by atoms with Gasteiger partial charge in [0, 0.05) is 19.6 Å². The average Bonchev–Trinajstić information content (AvgIpc) is 3.32. The van der Waals surface area contributed by atoms with Crippen molar-refractivity contribution in [3.05, 3.63) is 65.7 Å². The van der Waals surface area contributed by atoms with Gasteiger partial charge in [-0.05, 0) is 48.2 Å². The zero-order valence-corrected chi connectivity index (χ0v) is 16.5. The Labute approximate surface area is 174 Å². The minimum atomic E-state index is -0.741. The fourth-order valence-electron chi connectivity index (χ4n) is 2.92. The first-order valence-corrected chi connectivity index (χ1v) is 9.77. The van der Waals surface area contributed by atoms with Crippen molar-refractivity contribution in [3.63, 3.8) is 0 Å². The van der Waals surface area contributed by atoms with Crippen molar-refractivity contribution in [1.29, 1.82) is 0 Å². The van der Waals surface area contributed by atoms with Crippen LogP contribution in [0.4, 0.5) is 0 Å². The zero-order chi connectivity index (χ0) is 21.2. The quantitative estimate of drug-likeness (QED) is 0.411. The number of carbonyl (C=O) groups excluding carboxylic acids is 3. The van der Waals surface area contributed by atoms with Crippen LogP contribution in [-0.2, 0) is 20.9 Å². The monoisotopic (exact) mass is 408 g/mol. The molecule has 1 aliphatic heterocycles. The second-order valence-electron chi connectivity index (χ2n) is 6.82. The van der Waals surface area contributed by atoms with E-state index < -0.39 is 11.8 Å². The number of benzene rings is 2. The van der Waals surface area contributed by atoms with Crippen molar-refractivity contribution in [2.24, 2.45) is 5.10 Å². The third-order valence-electron chi connectivity index (χ3n) is 4.55. The van der Waals surface area contributed by atoms with Gasteiger partial charge in [0.25, 0.3) is 5.91 Å². The van der Waals surface area contributed by atoms with Crippen LogP contribution in [0.3, 0.4) is 0 Å². The highest BCUT2D eigenvalue weighted by Crippen LogP contribution is 2.11. The lowest BCUT2D eigenvalue weighted by molar-refractivity contribution is -0.145. The van der Waals surface area contributed by atoms with Gasteiger partial charge in [-0.1, -0.05) is 30.3 Å². The number of hydrazone groups is 1. The molecule has 0 saturated carbocycles. The molecule has 8 nitrogen and oxygen atoms in total. The minimum Gasteiger partial charge on any atom is -0.484 e. The van der Waals surface area contributed by atoms with Crippen molar-refractivity contribution in [3.8, 4) is 5.75 Å². The van der Waals surface area contributed by atoms with E-state index in [9.17, 15) is 14.4 Å². The van der Waals surface area contributed by atoms with Crippen LogP contribution >= 0.6 is 0 Å². The van der Waals surface area contributed by atoms with Crippen LogP contribution in [0.5, 0.6) is 5.75 Å². The van der Waals surface area contributed by atoms with Crippen LogP contribution in [0.25, 0.3) is 0 Å². The summed E-state index contributed by atoms with van der Waals surface area (Å²) in [5.41, 5.74) is 3.98. The van der Waals surface area contributed by atoms with E-state index in [0.717, 1.165) is 18.4 Å². The van der Waals surface area contributed by atoms with Gasteiger partial charge >= 0.3 is 11.8 Å². The summed E-state index contributed by atoms with van der Waals surface area (Å²) < 4.78 is 5.47. The first kappa shape index (κ1) is 21.0. The smallest absolute Gasteiger partial charge is 0.329 e. The zero-order valence-electron chi connectivity index (χ0n) is 16.5. The number of likely N-dealkylation sites (tertiary alicyclic amines) is 1. The van der Waals surface area contributed by atoms with E-state index in [1.807, 2.05) is 30.3 Å². The van der Waals surface area contributed by atoms with Gasteiger partial charge in [-0.3, -0.25) is 14.4 Å². The fraction of sp³-hybridized carbons (Fsp3) is 0.273. The van der Waals surface area contributed by atoms with E-state index in [2.05, 4.69) is 15.8 Å². The number of ether oxygens (including phenoxy) is 1. The Kier molecular flexibility index (Phi) is 7.54. The number of nitrogens with zero attached hydrogens (tertiary/aromatic N) is 2. The van der Waals surface area contributed by atoms with Gasteiger partial charge < -0.3 is 15.0 Å². The molecule has 0 atom stereocenters. The summed E-state index contributed by atoms with van der Waals surface area (Å²) in [6.45, 7) is 1.59. The Hall–Kier alpha value is -3.68. The number of carbonyl (C=O) groups is 3. The molecule has 0 radical (unpaired) electrons. The third-order valence-corrected chi connectivity index (χ3v) is 4.55. The topological polar surface area (TPSA) is 100 Å². The van der Waals surface area contributed by atoms with Gasteiger partial charge in [0.2, 0.25) is 0 Å². The predicted octanol–water partition coefficient (Wildman–Crippen LogP) is 1.45. The SMILES string of the molecule is O=C(COc1ccc(/C=N\NC(=O)C(=O)N2CCCC2)cc1)NCc1ccccc1. The molecule has 0 bridgehead atoms. The normalized spacial score (nSPS) is 13.3. The van der Waals surface area contributed by atoms with Gasteiger partial charge in [0.1, 0.15) is 5.75 Å². The van der Waals surface area contributed by atoms with Crippen molar-refractivity contribution < 1.29 is 19.1 Å². The molecule has 0 spiro atoms. The highest BCUT2D eigenvalue weighted by molar-refractivity contribution is 6.35. The Balaban J connectivity index is 1.38. The first-order valence-electron chi connectivity index (χ1n) is 9.77. The Morgan fingerprint density at radius 3 is 2.40 bits per heavy atom. The van der Waals surface area contributed by atoms with E-state index in [1.165, 1.54) is 11.1 Å². The minimum absolute atomic E-state index is 0.0884. The van der Waals surface area contributed by atoms with Crippen molar-refractivity contribution in [1.82, 2.24) is 15.6 Å². The van der Waals surface area contributed by atoms with E-state index in [0.29, 0.717) is 30.9 Å². The predicted molar refractivity (Wildman–Crippen MR) is 112 cm³/mol. The van der Waals surface area contributed by atoms with E-state index in [4.69, 9.17) is 4.74 Å². The van der Waals surface area contributed by atoms with E-state index >= 15 is 0 Å². The van der Waals surface area contributed by atoms with Crippen molar-refractivity contribution in [2.75, 3.05) is 19.7 Å². The molecule has 1 heterocycles. The first-order chi connectivity index (χ1) is 14.6. The Morgan fingerprint density at radius 1 is 1.00 bits per heavy atom. The molecular weight excluding hydrogens is 384 g/mol. The maximum absolute atomic E-state index is 11.9. The summed E-state index contributed by atoms with van der Waals surface area (Å²) >= 11 is 0. The summed E-state index contributed by atoms with van der Waals surface area (Å²) in [7, 11) is 0. The van der Waals surface area contributed by atoms with Gasteiger partial charge in [-0.25, -0.2) is 5.43 Å². The third kappa shape index (κ3) is 6.44. The number of nitrogens with one attached hydrogen (secondary N) is 2. The molecule has 156 valence electrons. The maximum Gasteiger partial charge on any atom is 0.329 e. The van der Waals surface area contributed by atoms with Crippen LogP contribution in [0.2, 0.25) is 0 Å². The molecule has 2 aromatic rings. The lowest BCUT2D eigenvalue weighted by Crippen LogP contribution is -2.39. The second-order valence-corrected chi connectivity index (χ2v) is 6.82. The molecule has 0 unspecified atom stereocenters. The fourth-order valence-corrected chi connectivity index (χ4v) is 2.92. The molecule has 3 amide bonds. The highest BCUT2D eigenvalue weighted by Gasteiger charge is 2.23. The Bertz CT molecular complexity index is 891. The average molecular weight is 408 g/mol. The summed E-state index contributed by atoms with van der Waals surface area (Å²) in [6, 6.07) is 16.5. The summed E-state index contributed by atoms with van der Waals surface area (Å²) in [5, 5.41) is 6.61. The number of amides is 3. The highest BCUT2D eigenvalue weighted by atomic mass is 16.5. The summed E-state index contributed by atoms with van der Waals surface area (Å²) in [5.74, 6) is -0.973. The molecule has 30 heavy (non-hydrogen) atoms. The van der Waals surface area contributed by atoms with E-state index in [-0.39, 0.29) is 12.5 Å². The second kappa shape index (κ2) is 10.8. The van der Waals surface area contributed by atoms with Crippen LogP contribution in [0.1, 0.15) is 24.0 Å². The van der Waals surface area contributed by atoms with Gasteiger partial charge in [-0.15, -0.1) is 0 Å². The van der Waals surface area contributed by atoms with Crippen molar-refractivity contribution in [2.45, 2.75) is 19.4 Å². The molecule has 0 aromatic heterocycles. The molecular formula is C22H24N4O4. The molecule has 8 heteroatoms. The number of hydrogen-bond donors (Lipinski definition) is 2. The summed E-state index contributed by atoms with van der Waals surface area (Å²) in [4.78, 5) is 37.1. The van der Waals surface area contributed by atoms with Crippen LogP contribution < -0.4 is 15.5 Å². The Morgan fingerprint density at radius 2 is 1.70 bits per heavy atom. The van der Waals surface area contributed by atoms with E-state index in [1.54, 1.807) is 24.3 Å². The molecule has 1 aliphatic rings. The van der Waals surface area contributed by atoms with Gasteiger partial charge in [0.05, 0.1) is 6.21 Å². The van der Waals surface area contributed by atoms with Crippen LogP contribution in [0.15, 0.2) is 59.7 Å². The number of hydrogen-bond acceptors (Lipinski definition) is 5. The van der Waals surface area contributed by atoms with Crippen LogP contribution in [-0.4, -0.2) is 48.5 Å². The molecule has 1 saturated heterocycles. The van der Waals surface area contributed by atoms with Crippen molar-refractivity contribution >= 4 is 23.9 Å². The molecule has 2 aromatic carbocycles. The standard InChI is InChI=1S/C22H24N4O4/c27-20(23-14-17-6-2-1-3-7-17)16-30-19-10-8-18(9-11-19)15-24-25-21(28)22(29)26-12-4-5-13-26/h1-3,6-11,15H,4-5,12-14,16H2,(H,23,27)(H,25,28)/b24-15-. The van der Waals surface area contributed by atoms with Crippen LogP contribution in [0, 0.1) is 0 Å². The van der Waals surface area contributed by atoms with Gasteiger partial charge in [0.15, 0.2) is 6.61 Å². The molecule has 2 N–H and O–H groups in total. The number of rotatable bonds is 7. The lowest BCUT2D eigenvalue weighted by Gasteiger charge is -2.12. The largest absolute Gasteiger partial charge is 0.484 e. The maximum atomic E-state index is 11.9. The van der Waals surface area contributed by atoms with Gasteiger partial charge in [-0.2, -0.15) is 5.10 Å². The molecule has 1 fully saturated rings. The molecule has 3 rings (SSSR count). The summed E-state index contributed by atoms with van der Waals surface area (Å²) in [6.07, 6.45) is 3.28. The molecule has 0 aliphatic carbocycles. The lowest BCUT2D eigenvalue weighted by atomic mass is 10.2.